The molecule has 6 nitrogen and oxygen atoms in total. The van der Waals surface area contributed by atoms with E-state index in [0.29, 0.717) is 5.92 Å². The van der Waals surface area contributed by atoms with Gasteiger partial charge in [0.05, 0.1) is 7.11 Å². The number of ether oxygens (including phenoxy) is 1. The van der Waals surface area contributed by atoms with E-state index in [9.17, 15) is 9.59 Å². The molecule has 1 unspecified atom stereocenters. The zero-order chi connectivity index (χ0) is 17.8. The van der Waals surface area contributed by atoms with E-state index in [1.807, 2.05) is 21.9 Å². The lowest BCUT2D eigenvalue weighted by Crippen LogP contribution is -2.49. The lowest BCUT2D eigenvalue weighted by molar-refractivity contribution is -0.129. The van der Waals surface area contributed by atoms with Gasteiger partial charge in [-0.05, 0) is 37.0 Å². The van der Waals surface area contributed by atoms with Crippen LogP contribution in [-0.2, 0) is 4.79 Å². The molecule has 2 aliphatic heterocycles. The molecule has 2 saturated heterocycles. The maximum absolute atomic E-state index is 12.5. The van der Waals surface area contributed by atoms with Gasteiger partial charge in [0.25, 0.3) is 0 Å². The number of hydrogen-bond donors (Lipinski definition) is 1. The van der Waals surface area contributed by atoms with Crippen molar-refractivity contribution in [3.63, 3.8) is 0 Å². The van der Waals surface area contributed by atoms with Crippen LogP contribution in [-0.4, -0.2) is 61.1 Å². The third kappa shape index (κ3) is 4.24. The van der Waals surface area contributed by atoms with Gasteiger partial charge < -0.3 is 19.9 Å². The average molecular weight is 345 g/mol. The number of nitrogens with zero attached hydrogens (tertiary/aromatic N) is 2. The van der Waals surface area contributed by atoms with Crippen LogP contribution in [0, 0.1) is 0 Å². The van der Waals surface area contributed by atoms with Gasteiger partial charge in [-0.25, -0.2) is 4.79 Å². The summed E-state index contributed by atoms with van der Waals surface area (Å²) in [7, 11) is 1.66. The standard InChI is InChI=1S/C19H27N3O3/c1-14(23)21-11-8-17(9-12-21)20-19(24)22-10-7-16(13-22)15-3-5-18(25-2)6-4-15/h3-6,16-17H,7-13H2,1-2H3,(H,20,24). The summed E-state index contributed by atoms with van der Waals surface area (Å²) in [5.74, 6) is 1.36. The molecular weight excluding hydrogens is 318 g/mol. The van der Waals surface area contributed by atoms with E-state index in [0.717, 1.165) is 51.2 Å². The molecule has 0 spiro atoms. The number of benzene rings is 1. The molecule has 2 aliphatic rings. The number of hydrogen-bond acceptors (Lipinski definition) is 3. The molecule has 3 amide bonds. The Morgan fingerprint density at radius 2 is 1.68 bits per heavy atom. The first-order valence-corrected chi connectivity index (χ1v) is 9.01. The Balaban J connectivity index is 1.48. The van der Waals surface area contributed by atoms with Crippen molar-refractivity contribution in [3.05, 3.63) is 29.8 Å². The molecule has 1 atom stereocenters. The maximum Gasteiger partial charge on any atom is 0.317 e. The van der Waals surface area contributed by atoms with E-state index >= 15 is 0 Å². The third-order valence-electron chi connectivity index (χ3n) is 5.33. The van der Waals surface area contributed by atoms with Gasteiger partial charge in [-0.3, -0.25) is 4.79 Å². The van der Waals surface area contributed by atoms with Gasteiger partial charge in [-0.1, -0.05) is 12.1 Å². The fourth-order valence-electron chi connectivity index (χ4n) is 3.70. The molecule has 136 valence electrons. The fraction of sp³-hybridized carbons (Fsp3) is 0.579. The number of carbonyl (C=O) groups excluding carboxylic acids is 2. The summed E-state index contributed by atoms with van der Waals surface area (Å²) in [5, 5.41) is 3.14. The van der Waals surface area contributed by atoms with Gasteiger partial charge in [0.15, 0.2) is 0 Å². The van der Waals surface area contributed by atoms with Gasteiger partial charge in [0, 0.05) is 45.1 Å². The van der Waals surface area contributed by atoms with Gasteiger partial charge >= 0.3 is 6.03 Å². The average Bonchev–Trinajstić information content (AvgIpc) is 3.12. The van der Waals surface area contributed by atoms with Crippen molar-refractivity contribution in [2.75, 3.05) is 33.3 Å². The van der Waals surface area contributed by atoms with E-state index in [4.69, 9.17) is 4.74 Å². The van der Waals surface area contributed by atoms with Crippen molar-refractivity contribution in [2.45, 2.75) is 38.1 Å². The summed E-state index contributed by atoms with van der Waals surface area (Å²) >= 11 is 0. The van der Waals surface area contributed by atoms with E-state index in [1.165, 1.54) is 5.56 Å². The zero-order valence-electron chi connectivity index (χ0n) is 15.0. The number of nitrogens with one attached hydrogen (secondary N) is 1. The Hall–Kier alpha value is -2.24. The first-order valence-electron chi connectivity index (χ1n) is 9.01. The van der Waals surface area contributed by atoms with E-state index in [1.54, 1.807) is 14.0 Å². The molecule has 2 fully saturated rings. The Morgan fingerprint density at radius 3 is 2.28 bits per heavy atom. The van der Waals surface area contributed by atoms with Crippen LogP contribution in [0.5, 0.6) is 5.75 Å². The minimum Gasteiger partial charge on any atom is -0.497 e. The summed E-state index contributed by atoms with van der Waals surface area (Å²) in [6, 6.07) is 8.31. The minimum atomic E-state index is 0.0253. The molecule has 0 radical (unpaired) electrons. The second-order valence-electron chi connectivity index (χ2n) is 6.93. The minimum absolute atomic E-state index is 0.0253. The Bertz CT molecular complexity index is 609. The predicted octanol–water partition coefficient (Wildman–Crippen LogP) is 2.21. The molecule has 0 aliphatic carbocycles. The maximum atomic E-state index is 12.5. The Kier molecular flexibility index (Phi) is 5.46. The molecular formula is C19H27N3O3. The number of methoxy groups -OCH3 is 1. The van der Waals surface area contributed by atoms with Crippen LogP contribution in [0.4, 0.5) is 4.79 Å². The van der Waals surface area contributed by atoms with Crippen molar-refractivity contribution in [3.8, 4) is 5.75 Å². The fourth-order valence-corrected chi connectivity index (χ4v) is 3.70. The second kappa shape index (κ2) is 7.76. The smallest absolute Gasteiger partial charge is 0.317 e. The van der Waals surface area contributed by atoms with Crippen molar-refractivity contribution in [1.29, 1.82) is 0 Å². The molecule has 1 N–H and O–H groups in total. The zero-order valence-corrected chi connectivity index (χ0v) is 15.0. The van der Waals surface area contributed by atoms with Crippen LogP contribution in [0.15, 0.2) is 24.3 Å². The van der Waals surface area contributed by atoms with E-state index in [-0.39, 0.29) is 18.0 Å². The Labute approximate surface area is 149 Å². The summed E-state index contributed by atoms with van der Waals surface area (Å²) < 4.78 is 5.20. The van der Waals surface area contributed by atoms with Gasteiger partial charge in [-0.15, -0.1) is 0 Å². The molecule has 0 aromatic heterocycles. The van der Waals surface area contributed by atoms with Crippen LogP contribution in [0.25, 0.3) is 0 Å². The number of piperidine rings is 1. The highest BCUT2D eigenvalue weighted by molar-refractivity contribution is 5.75. The van der Waals surface area contributed by atoms with Crippen molar-refractivity contribution in [2.24, 2.45) is 0 Å². The molecule has 3 rings (SSSR count). The first kappa shape index (κ1) is 17.6. The van der Waals surface area contributed by atoms with E-state index in [2.05, 4.69) is 17.4 Å². The molecule has 6 heteroatoms. The first-order chi connectivity index (χ1) is 12.1. The normalized spacial score (nSPS) is 21.3. The highest BCUT2D eigenvalue weighted by Gasteiger charge is 2.29. The highest BCUT2D eigenvalue weighted by Crippen LogP contribution is 2.28. The van der Waals surface area contributed by atoms with Gasteiger partial charge in [0.1, 0.15) is 5.75 Å². The number of rotatable bonds is 3. The SMILES string of the molecule is COc1ccc(C2CCN(C(=O)NC3CCN(C(C)=O)CC3)C2)cc1. The number of carbonyl (C=O) groups is 2. The largest absolute Gasteiger partial charge is 0.497 e. The lowest BCUT2D eigenvalue weighted by Gasteiger charge is -2.32. The third-order valence-corrected chi connectivity index (χ3v) is 5.33. The molecule has 25 heavy (non-hydrogen) atoms. The van der Waals surface area contributed by atoms with Crippen LogP contribution in [0.1, 0.15) is 37.7 Å². The van der Waals surface area contributed by atoms with Crippen molar-refractivity contribution < 1.29 is 14.3 Å². The molecule has 1 aromatic rings. The monoisotopic (exact) mass is 345 g/mol. The molecule has 0 bridgehead atoms. The quantitative estimate of drug-likeness (QED) is 0.914. The summed E-state index contributed by atoms with van der Waals surface area (Å²) in [5.41, 5.74) is 1.26. The topological polar surface area (TPSA) is 61.9 Å². The predicted molar refractivity (Wildman–Crippen MR) is 95.7 cm³/mol. The number of amides is 3. The highest BCUT2D eigenvalue weighted by atomic mass is 16.5. The second-order valence-corrected chi connectivity index (χ2v) is 6.93. The molecule has 1 aromatic carbocycles. The molecule has 2 heterocycles. The van der Waals surface area contributed by atoms with E-state index < -0.39 is 0 Å². The van der Waals surface area contributed by atoms with Crippen LogP contribution in [0.3, 0.4) is 0 Å². The number of likely N-dealkylation sites (tertiary alicyclic amines) is 2. The van der Waals surface area contributed by atoms with Crippen LogP contribution < -0.4 is 10.1 Å². The van der Waals surface area contributed by atoms with Gasteiger partial charge in [-0.2, -0.15) is 0 Å². The Morgan fingerprint density at radius 1 is 1.04 bits per heavy atom. The lowest BCUT2D eigenvalue weighted by atomic mass is 9.98. The summed E-state index contributed by atoms with van der Waals surface area (Å²) in [6.45, 7) is 4.60. The summed E-state index contributed by atoms with van der Waals surface area (Å²) in [4.78, 5) is 27.6. The van der Waals surface area contributed by atoms with Gasteiger partial charge in [0.2, 0.25) is 5.91 Å². The number of urea groups is 1. The molecule has 0 saturated carbocycles. The van der Waals surface area contributed by atoms with Crippen LogP contribution in [0.2, 0.25) is 0 Å². The van der Waals surface area contributed by atoms with Crippen LogP contribution >= 0.6 is 0 Å². The summed E-state index contributed by atoms with van der Waals surface area (Å²) in [6.07, 6.45) is 2.66. The van der Waals surface area contributed by atoms with Crippen molar-refractivity contribution >= 4 is 11.9 Å². The van der Waals surface area contributed by atoms with Crippen molar-refractivity contribution in [1.82, 2.24) is 15.1 Å².